The quantitative estimate of drug-likeness (QED) is 0.903. The highest BCUT2D eigenvalue weighted by Gasteiger charge is 2.06. The fourth-order valence-corrected chi connectivity index (χ4v) is 1.76. The molecular formula is C12H15BrN2O. The summed E-state index contributed by atoms with van der Waals surface area (Å²) in [5.41, 5.74) is 1.19. The van der Waals surface area contributed by atoms with Crippen molar-refractivity contribution >= 4 is 15.9 Å². The number of ether oxygens (including phenoxy) is 1. The number of halogens is 1. The first-order valence-corrected chi connectivity index (χ1v) is 6.02. The van der Waals surface area contributed by atoms with Gasteiger partial charge in [-0.15, -0.1) is 0 Å². The minimum atomic E-state index is -0.434. The minimum Gasteiger partial charge on any atom is -0.475 e. The van der Waals surface area contributed by atoms with Crippen LogP contribution in [-0.2, 0) is 6.54 Å². The Hall–Kier alpha value is -1.05. The zero-order valence-electron chi connectivity index (χ0n) is 9.46. The number of nitrogens with one attached hydrogen (secondary N) is 1. The topological polar surface area (TPSA) is 45.0 Å². The lowest BCUT2D eigenvalue weighted by atomic mass is 10.2. The van der Waals surface area contributed by atoms with E-state index < -0.39 is 6.10 Å². The summed E-state index contributed by atoms with van der Waals surface area (Å²) in [6, 6.07) is 7.91. The zero-order chi connectivity index (χ0) is 12.0. The molecule has 3 nitrogen and oxygen atoms in total. The van der Waals surface area contributed by atoms with E-state index in [1.54, 1.807) is 6.92 Å². The highest BCUT2D eigenvalue weighted by atomic mass is 79.9. The second-order valence-corrected chi connectivity index (χ2v) is 4.29. The summed E-state index contributed by atoms with van der Waals surface area (Å²) in [5.74, 6) is 0.703. The predicted octanol–water partition coefficient (Wildman–Crippen LogP) is 2.85. The van der Waals surface area contributed by atoms with Crippen molar-refractivity contribution in [1.29, 1.82) is 5.26 Å². The normalized spacial score (nSPS) is 11.9. The molecular weight excluding hydrogens is 268 g/mol. The highest BCUT2D eigenvalue weighted by molar-refractivity contribution is 9.10. The summed E-state index contributed by atoms with van der Waals surface area (Å²) in [5, 5.41) is 11.9. The van der Waals surface area contributed by atoms with Gasteiger partial charge in [-0.05, 0) is 47.1 Å². The van der Waals surface area contributed by atoms with Crippen LogP contribution in [-0.4, -0.2) is 12.6 Å². The molecule has 0 bridgehead atoms. The second kappa shape index (κ2) is 6.51. The lowest BCUT2D eigenvalue weighted by Crippen LogP contribution is -2.12. The molecule has 0 fully saturated rings. The van der Waals surface area contributed by atoms with Crippen LogP contribution in [0.2, 0.25) is 0 Å². The maximum atomic E-state index is 8.66. The molecule has 0 saturated heterocycles. The Balaban J connectivity index is 2.72. The smallest absolute Gasteiger partial charge is 0.181 e. The Bertz CT molecular complexity index is 387. The molecule has 16 heavy (non-hydrogen) atoms. The number of nitrogens with zero attached hydrogens (tertiary/aromatic N) is 1. The van der Waals surface area contributed by atoms with Crippen molar-refractivity contribution in [2.24, 2.45) is 0 Å². The molecule has 0 spiro atoms. The molecule has 0 aromatic heterocycles. The molecule has 4 heteroatoms. The van der Waals surface area contributed by atoms with Crippen molar-refractivity contribution in [2.75, 3.05) is 6.54 Å². The number of benzene rings is 1. The van der Waals surface area contributed by atoms with Crippen LogP contribution in [0.3, 0.4) is 0 Å². The van der Waals surface area contributed by atoms with Crippen LogP contribution in [0.25, 0.3) is 0 Å². The largest absolute Gasteiger partial charge is 0.475 e. The van der Waals surface area contributed by atoms with Crippen LogP contribution in [0.1, 0.15) is 19.4 Å². The molecule has 0 radical (unpaired) electrons. The summed E-state index contributed by atoms with van der Waals surface area (Å²) in [7, 11) is 0. The van der Waals surface area contributed by atoms with E-state index in [4.69, 9.17) is 10.00 Å². The third-order valence-corrected chi connectivity index (χ3v) is 2.68. The number of hydrogen-bond acceptors (Lipinski definition) is 3. The van der Waals surface area contributed by atoms with E-state index in [-0.39, 0.29) is 0 Å². The van der Waals surface area contributed by atoms with Crippen LogP contribution >= 0.6 is 15.9 Å². The van der Waals surface area contributed by atoms with Crippen LogP contribution in [0.5, 0.6) is 5.75 Å². The van der Waals surface area contributed by atoms with Gasteiger partial charge in [0.05, 0.1) is 4.47 Å². The molecule has 1 aromatic carbocycles. The Labute approximate surface area is 105 Å². The van der Waals surface area contributed by atoms with Gasteiger partial charge in [0.2, 0.25) is 0 Å². The fraction of sp³-hybridized carbons (Fsp3) is 0.417. The lowest BCUT2D eigenvalue weighted by Gasteiger charge is -2.11. The molecule has 0 saturated carbocycles. The van der Waals surface area contributed by atoms with Crippen LogP contribution in [0.15, 0.2) is 22.7 Å². The van der Waals surface area contributed by atoms with Crippen molar-refractivity contribution in [2.45, 2.75) is 26.5 Å². The summed E-state index contributed by atoms with van der Waals surface area (Å²) >= 11 is 3.43. The Morgan fingerprint density at radius 2 is 2.31 bits per heavy atom. The number of hydrogen-bond donors (Lipinski definition) is 1. The van der Waals surface area contributed by atoms with E-state index in [1.807, 2.05) is 24.3 Å². The molecule has 1 atom stereocenters. The van der Waals surface area contributed by atoms with Gasteiger partial charge in [0.1, 0.15) is 11.8 Å². The van der Waals surface area contributed by atoms with Crippen molar-refractivity contribution in [3.05, 3.63) is 28.2 Å². The third-order valence-electron chi connectivity index (χ3n) is 2.06. The maximum Gasteiger partial charge on any atom is 0.181 e. The first-order valence-electron chi connectivity index (χ1n) is 5.22. The average molecular weight is 283 g/mol. The van der Waals surface area contributed by atoms with Gasteiger partial charge < -0.3 is 10.1 Å². The van der Waals surface area contributed by atoms with E-state index in [2.05, 4.69) is 28.2 Å². The highest BCUT2D eigenvalue weighted by Crippen LogP contribution is 2.26. The van der Waals surface area contributed by atoms with E-state index in [0.29, 0.717) is 5.75 Å². The van der Waals surface area contributed by atoms with Gasteiger partial charge in [0.25, 0.3) is 0 Å². The minimum absolute atomic E-state index is 0.434. The Morgan fingerprint density at radius 3 is 2.88 bits per heavy atom. The first kappa shape index (κ1) is 13.0. The van der Waals surface area contributed by atoms with E-state index in [9.17, 15) is 0 Å². The molecule has 1 unspecified atom stereocenters. The maximum absolute atomic E-state index is 8.66. The molecule has 1 N–H and O–H groups in total. The molecule has 0 aliphatic carbocycles. The monoisotopic (exact) mass is 282 g/mol. The Morgan fingerprint density at radius 1 is 1.56 bits per heavy atom. The summed E-state index contributed by atoms with van der Waals surface area (Å²) in [4.78, 5) is 0. The standard InChI is InChI=1S/C12H15BrN2O/c1-3-15-8-10-4-5-12(11(13)6-10)16-9(2)7-14/h4-6,9,15H,3,8H2,1-2H3. The summed E-state index contributed by atoms with van der Waals surface area (Å²) in [6.45, 7) is 5.57. The summed E-state index contributed by atoms with van der Waals surface area (Å²) in [6.07, 6.45) is -0.434. The molecule has 0 heterocycles. The van der Waals surface area contributed by atoms with Gasteiger partial charge in [-0.3, -0.25) is 0 Å². The molecule has 0 aliphatic heterocycles. The van der Waals surface area contributed by atoms with E-state index >= 15 is 0 Å². The fourth-order valence-electron chi connectivity index (χ4n) is 1.24. The van der Waals surface area contributed by atoms with Crippen molar-refractivity contribution in [3.8, 4) is 11.8 Å². The SMILES string of the molecule is CCNCc1ccc(OC(C)C#N)c(Br)c1. The summed E-state index contributed by atoms with van der Waals surface area (Å²) < 4.78 is 6.30. The molecule has 0 amide bonds. The third kappa shape index (κ3) is 3.84. The van der Waals surface area contributed by atoms with Crippen molar-refractivity contribution < 1.29 is 4.74 Å². The van der Waals surface area contributed by atoms with Gasteiger partial charge in [-0.2, -0.15) is 5.26 Å². The lowest BCUT2D eigenvalue weighted by molar-refractivity contribution is 0.274. The zero-order valence-corrected chi connectivity index (χ0v) is 11.0. The first-order chi connectivity index (χ1) is 7.67. The van der Waals surface area contributed by atoms with Crippen LogP contribution in [0.4, 0.5) is 0 Å². The van der Waals surface area contributed by atoms with Crippen molar-refractivity contribution in [3.63, 3.8) is 0 Å². The predicted molar refractivity (Wildman–Crippen MR) is 67.2 cm³/mol. The van der Waals surface area contributed by atoms with E-state index in [0.717, 1.165) is 17.6 Å². The van der Waals surface area contributed by atoms with Gasteiger partial charge in [-0.25, -0.2) is 0 Å². The van der Waals surface area contributed by atoms with Crippen LogP contribution in [0, 0.1) is 11.3 Å². The second-order valence-electron chi connectivity index (χ2n) is 3.43. The molecule has 0 aliphatic rings. The Kier molecular flexibility index (Phi) is 5.30. The number of nitriles is 1. The van der Waals surface area contributed by atoms with Crippen molar-refractivity contribution in [1.82, 2.24) is 5.32 Å². The van der Waals surface area contributed by atoms with Gasteiger partial charge in [0, 0.05) is 6.54 Å². The molecule has 86 valence electrons. The average Bonchev–Trinajstić information content (AvgIpc) is 2.29. The van der Waals surface area contributed by atoms with Crippen LogP contribution < -0.4 is 10.1 Å². The van der Waals surface area contributed by atoms with Gasteiger partial charge >= 0.3 is 0 Å². The van der Waals surface area contributed by atoms with E-state index in [1.165, 1.54) is 5.56 Å². The molecule has 1 aromatic rings. The van der Waals surface area contributed by atoms with Gasteiger partial charge in [0.15, 0.2) is 6.10 Å². The number of rotatable bonds is 5. The molecule has 1 rings (SSSR count). The van der Waals surface area contributed by atoms with Gasteiger partial charge in [-0.1, -0.05) is 13.0 Å².